The van der Waals surface area contributed by atoms with Crippen molar-refractivity contribution in [1.82, 2.24) is 5.01 Å². The molecule has 9 N–H and O–H groups in total. The molecule has 0 atom stereocenters. The smallest absolute Gasteiger partial charge is 0.303 e. The lowest BCUT2D eigenvalue weighted by molar-refractivity contribution is -0.137. The monoisotopic (exact) mass is 365 g/mol. The molecular formula is C15H31N3O7. The number of nitrogens with two attached hydrogens (primary N) is 2. The Bertz CT molecular complexity index is 399. The Morgan fingerprint density at radius 3 is 2.24 bits per heavy atom. The number of aliphatic hydroxyl groups excluding tert-OH is 4. The minimum absolute atomic E-state index is 0.00104. The zero-order valence-corrected chi connectivity index (χ0v) is 14.4. The summed E-state index contributed by atoms with van der Waals surface area (Å²) in [7, 11) is 0. The van der Waals surface area contributed by atoms with Gasteiger partial charge in [0, 0.05) is 30.8 Å². The van der Waals surface area contributed by atoms with E-state index in [-0.39, 0.29) is 39.4 Å². The third-order valence-electron chi connectivity index (χ3n) is 3.65. The van der Waals surface area contributed by atoms with Crippen LogP contribution in [0.15, 0.2) is 11.9 Å². The Kier molecular flexibility index (Phi) is 12.1. The number of allylic oxidation sites excluding steroid dienone is 1. The molecular weight excluding hydrogens is 334 g/mol. The summed E-state index contributed by atoms with van der Waals surface area (Å²) in [4.78, 5) is 10.5. The molecule has 0 unspecified atom stereocenters. The van der Waals surface area contributed by atoms with Crippen molar-refractivity contribution in [1.29, 1.82) is 0 Å². The molecule has 0 aliphatic rings. The van der Waals surface area contributed by atoms with Crippen LogP contribution in [0.2, 0.25) is 0 Å². The van der Waals surface area contributed by atoms with Gasteiger partial charge in [0.1, 0.15) is 0 Å². The van der Waals surface area contributed by atoms with Crippen molar-refractivity contribution in [3.05, 3.63) is 11.9 Å². The highest BCUT2D eigenvalue weighted by molar-refractivity contribution is 5.66. The van der Waals surface area contributed by atoms with Gasteiger partial charge in [-0.25, -0.2) is 5.84 Å². The number of rotatable bonds is 15. The first-order valence-electron chi connectivity index (χ1n) is 8.03. The van der Waals surface area contributed by atoms with E-state index in [0.717, 1.165) is 0 Å². The van der Waals surface area contributed by atoms with Crippen molar-refractivity contribution in [2.24, 2.45) is 22.9 Å². The molecule has 148 valence electrons. The topological polar surface area (TPSA) is 183 Å². The molecule has 0 amide bonds. The van der Waals surface area contributed by atoms with Crippen molar-refractivity contribution in [2.75, 3.05) is 46.2 Å². The van der Waals surface area contributed by atoms with Crippen LogP contribution in [0.25, 0.3) is 0 Å². The van der Waals surface area contributed by atoms with Crippen molar-refractivity contribution < 1.29 is 35.1 Å². The normalized spacial score (nSPS) is 12.6. The summed E-state index contributed by atoms with van der Waals surface area (Å²) in [6.07, 6.45) is 2.16. The Morgan fingerprint density at radius 2 is 1.76 bits per heavy atom. The van der Waals surface area contributed by atoms with E-state index >= 15 is 0 Å². The van der Waals surface area contributed by atoms with Crippen LogP contribution in [0.5, 0.6) is 0 Å². The molecule has 0 rings (SSSR count). The van der Waals surface area contributed by atoms with Crippen LogP contribution in [0.4, 0.5) is 0 Å². The highest BCUT2D eigenvalue weighted by atomic mass is 16.5. The number of nitrogens with zero attached hydrogens (tertiary/aromatic N) is 1. The van der Waals surface area contributed by atoms with Crippen LogP contribution < -0.4 is 11.6 Å². The second-order valence-electron chi connectivity index (χ2n) is 6.19. The molecule has 0 bridgehead atoms. The van der Waals surface area contributed by atoms with E-state index in [2.05, 4.69) is 0 Å². The number of hydrogen-bond donors (Lipinski definition) is 7. The van der Waals surface area contributed by atoms with Crippen LogP contribution in [0, 0.1) is 11.3 Å². The fraction of sp³-hybridized carbons (Fsp3) is 0.800. The molecule has 0 saturated heterocycles. The van der Waals surface area contributed by atoms with Crippen molar-refractivity contribution in [3.8, 4) is 0 Å². The van der Waals surface area contributed by atoms with Gasteiger partial charge in [-0.2, -0.15) is 0 Å². The molecule has 0 aromatic carbocycles. The van der Waals surface area contributed by atoms with E-state index in [1.807, 2.05) is 0 Å². The van der Waals surface area contributed by atoms with Gasteiger partial charge < -0.3 is 41.0 Å². The second kappa shape index (κ2) is 12.9. The molecule has 0 aliphatic carbocycles. The predicted molar refractivity (Wildman–Crippen MR) is 89.7 cm³/mol. The van der Waals surface area contributed by atoms with E-state index < -0.39 is 30.5 Å². The molecule has 0 saturated carbocycles. The predicted octanol–water partition coefficient (Wildman–Crippen LogP) is -2.19. The quantitative estimate of drug-likeness (QED) is 0.124. The van der Waals surface area contributed by atoms with Gasteiger partial charge in [0.2, 0.25) is 0 Å². The first kappa shape index (κ1) is 23.6. The van der Waals surface area contributed by atoms with Gasteiger partial charge in [0.05, 0.1) is 45.1 Å². The molecule has 0 aromatic heterocycles. The lowest BCUT2D eigenvalue weighted by atomic mass is 9.91. The van der Waals surface area contributed by atoms with E-state index in [1.54, 1.807) is 0 Å². The Balaban J connectivity index is 4.57. The van der Waals surface area contributed by atoms with E-state index in [9.17, 15) is 15.0 Å². The van der Waals surface area contributed by atoms with Gasteiger partial charge in [-0.3, -0.25) is 4.79 Å². The van der Waals surface area contributed by atoms with Gasteiger partial charge in [-0.1, -0.05) is 0 Å². The molecule has 10 nitrogen and oxygen atoms in total. The first-order valence-corrected chi connectivity index (χ1v) is 8.03. The maximum Gasteiger partial charge on any atom is 0.303 e. The van der Waals surface area contributed by atoms with E-state index in [0.29, 0.717) is 18.5 Å². The standard InChI is InChI=1S/C15H31N3O7/c16-13(2-1-3-14(23)24)4-18(17)8-15(9-21,10-22)11-25-7-12(5-19)6-20/h4,12,19-22H,1-3,5-11,16-17H2,(H,23,24)/b13-4-. The maximum atomic E-state index is 10.5. The summed E-state index contributed by atoms with van der Waals surface area (Å²) in [5, 5.41) is 47.0. The lowest BCUT2D eigenvalue weighted by Gasteiger charge is -2.33. The average Bonchev–Trinajstić information content (AvgIpc) is 2.57. The van der Waals surface area contributed by atoms with E-state index in [4.69, 9.17) is 31.6 Å². The largest absolute Gasteiger partial charge is 0.481 e. The van der Waals surface area contributed by atoms with Gasteiger partial charge in [0.15, 0.2) is 0 Å². The summed E-state index contributed by atoms with van der Waals surface area (Å²) in [5.41, 5.74) is 5.10. The number of hydrogen-bond acceptors (Lipinski definition) is 9. The molecule has 0 aliphatic heterocycles. The van der Waals surface area contributed by atoms with Gasteiger partial charge in [0.25, 0.3) is 0 Å². The summed E-state index contributed by atoms with van der Waals surface area (Å²) in [6, 6.07) is 0. The van der Waals surface area contributed by atoms with Crippen molar-refractivity contribution >= 4 is 5.97 Å². The third kappa shape index (κ3) is 10.2. The third-order valence-corrected chi connectivity index (χ3v) is 3.65. The summed E-state index contributed by atoms with van der Waals surface area (Å²) >= 11 is 0. The summed E-state index contributed by atoms with van der Waals surface area (Å²) < 4.78 is 5.38. The van der Waals surface area contributed by atoms with Crippen LogP contribution in [0.3, 0.4) is 0 Å². The van der Waals surface area contributed by atoms with Crippen LogP contribution in [-0.2, 0) is 9.53 Å². The van der Waals surface area contributed by atoms with Gasteiger partial charge >= 0.3 is 5.97 Å². The number of aliphatic carboxylic acids is 1. The zero-order valence-electron chi connectivity index (χ0n) is 14.4. The minimum atomic E-state index is -1.05. The highest BCUT2D eigenvalue weighted by Gasteiger charge is 2.31. The van der Waals surface area contributed by atoms with E-state index in [1.165, 1.54) is 11.2 Å². The molecule has 0 radical (unpaired) electrons. The fourth-order valence-corrected chi connectivity index (χ4v) is 2.05. The number of carboxylic acids is 1. The van der Waals surface area contributed by atoms with Crippen molar-refractivity contribution in [3.63, 3.8) is 0 Å². The highest BCUT2D eigenvalue weighted by Crippen LogP contribution is 2.18. The maximum absolute atomic E-state index is 10.5. The Morgan fingerprint density at radius 1 is 1.16 bits per heavy atom. The second-order valence-corrected chi connectivity index (χ2v) is 6.19. The molecule has 25 heavy (non-hydrogen) atoms. The van der Waals surface area contributed by atoms with Crippen LogP contribution in [-0.4, -0.2) is 82.7 Å². The SMILES string of the molecule is N/C(=C\N(N)CC(CO)(CO)COCC(CO)CO)CCCC(=O)O. The summed E-state index contributed by atoms with van der Waals surface area (Å²) in [6.45, 7) is -1.17. The number of carbonyl (C=O) groups is 1. The Labute approximate surface area is 147 Å². The molecule has 0 aromatic rings. The molecule has 0 fully saturated rings. The van der Waals surface area contributed by atoms with Crippen LogP contribution in [0.1, 0.15) is 19.3 Å². The number of ether oxygens (including phenoxy) is 1. The molecule has 0 spiro atoms. The zero-order chi connectivity index (χ0) is 19.3. The molecule has 0 heterocycles. The Hall–Kier alpha value is -1.43. The van der Waals surface area contributed by atoms with Crippen molar-refractivity contribution in [2.45, 2.75) is 19.3 Å². The van der Waals surface area contributed by atoms with Gasteiger partial charge in [-0.15, -0.1) is 0 Å². The lowest BCUT2D eigenvalue weighted by Crippen LogP contribution is -2.47. The summed E-state index contributed by atoms with van der Waals surface area (Å²) in [5.74, 6) is 4.49. The molecule has 10 heteroatoms. The number of carboxylic acid groups (broad SMARTS) is 1. The average molecular weight is 365 g/mol. The minimum Gasteiger partial charge on any atom is -0.481 e. The number of aliphatic hydroxyl groups is 4. The van der Waals surface area contributed by atoms with Crippen LogP contribution >= 0.6 is 0 Å². The first-order chi connectivity index (χ1) is 11.8. The fourth-order valence-electron chi connectivity index (χ4n) is 2.05. The van der Waals surface area contributed by atoms with Gasteiger partial charge in [-0.05, 0) is 12.8 Å². The number of hydrazine groups is 1.